The minimum atomic E-state index is -0.145. The molecule has 1 atom stereocenters. The highest BCUT2D eigenvalue weighted by molar-refractivity contribution is 5.75. The Kier molecular flexibility index (Phi) is 10.5. The van der Waals surface area contributed by atoms with E-state index in [1.807, 2.05) is 7.05 Å². The summed E-state index contributed by atoms with van der Waals surface area (Å²) in [4.78, 5) is 11.3. The zero-order valence-corrected chi connectivity index (χ0v) is 11.1. The van der Waals surface area contributed by atoms with Crippen molar-refractivity contribution < 1.29 is 9.53 Å². The van der Waals surface area contributed by atoms with E-state index < -0.39 is 0 Å². The second kappa shape index (κ2) is 10.9. The van der Waals surface area contributed by atoms with Crippen molar-refractivity contribution in [3.05, 3.63) is 0 Å². The Morgan fingerprint density at radius 3 is 2.19 bits per heavy atom. The van der Waals surface area contributed by atoms with E-state index in [1.54, 1.807) is 0 Å². The third-order valence-electron chi connectivity index (χ3n) is 2.93. The fourth-order valence-corrected chi connectivity index (χ4v) is 1.83. The lowest BCUT2D eigenvalue weighted by atomic mass is 10.1. The van der Waals surface area contributed by atoms with Gasteiger partial charge in [0, 0.05) is 0 Å². The molecule has 3 heteroatoms. The Labute approximate surface area is 99.9 Å². The number of ether oxygens (including phenoxy) is 1. The molecule has 0 rings (SSSR count). The van der Waals surface area contributed by atoms with E-state index >= 15 is 0 Å². The minimum Gasteiger partial charge on any atom is -0.468 e. The van der Waals surface area contributed by atoms with Gasteiger partial charge in [-0.1, -0.05) is 51.9 Å². The maximum Gasteiger partial charge on any atom is 0.322 e. The lowest BCUT2D eigenvalue weighted by Crippen LogP contribution is -2.34. The molecule has 0 fully saturated rings. The number of carbonyl (C=O) groups is 1. The smallest absolute Gasteiger partial charge is 0.322 e. The SMILES string of the molecule is CCCCCCCCCC(NC)C(=O)OC. The van der Waals surface area contributed by atoms with E-state index in [2.05, 4.69) is 12.2 Å². The second-order valence-corrected chi connectivity index (χ2v) is 4.27. The number of hydrogen-bond donors (Lipinski definition) is 1. The van der Waals surface area contributed by atoms with Crippen molar-refractivity contribution in [1.29, 1.82) is 0 Å². The highest BCUT2D eigenvalue weighted by Crippen LogP contribution is 2.10. The first-order valence-corrected chi connectivity index (χ1v) is 6.51. The van der Waals surface area contributed by atoms with Crippen molar-refractivity contribution in [2.24, 2.45) is 0 Å². The molecule has 96 valence electrons. The zero-order chi connectivity index (χ0) is 12.2. The molecule has 0 amide bonds. The fraction of sp³-hybridized carbons (Fsp3) is 0.923. The maximum absolute atomic E-state index is 11.3. The zero-order valence-electron chi connectivity index (χ0n) is 11.1. The molecule has 0 aliphatic heterocycles. The topological polar surface area (TPSA) is 38.3 Å². The summed E-state index contributed by atoms with van der Waals surface area (Å²) in [5, 5.41) is 2.99. The number of carbonyl (C=O) groups excluding carboxylic acids is 1. The molecule has 0 aromatic heterocycles. The van der Waals surface area contributed by atoms with E-state index in [1.165, 1.54) is 45.6 Å². The molecule has 0 aromatic carbocycles. The number of methoxy groups -OCH3 is 1. The average molecular weight is 229 g/mol. The Bertz CT molecular complexity index is 171. The van der Waals surface area contributed by atoms with Crippen LogP contribution in [0.4, 0.5) is 0 Å². The number of rotatable bonds is 10. The van der Waals surface area contributed by atoms with Gasteiger partial charge in [0.1, 0.15) is 6.04 Å². The number of unbranched alkanes of at least 4 members (excludes halogenated alkanes) is 6. The monoisotopic (exact) mass is 229 g/mol. The molecule has 0 aliphatic carbocycles. The quantitative estimate of drug-likeness (QED) is 0.462. The van der Waals surface area contributed by atoms with Crippen molar-refractivity contribution >= 4 is 5.97 Å². The van der Waals surface area contributed by atoms with Crippen molar-refractivity contribution in [2.75, 3.05) is 14.2 Å². The van der Waals surface area contributed by atoms with Gasteiger partial charge in [-0.3, -0.25) is 4.79 Å². The predicted molar refractivity (Wildman–Crippen MR) is 67.5 cm³/mol. The molecule has 1 unspecified atom stereocenters. The molecule has 0 saturated heterocycles. The van der Waals surface area contributed by atoms with E-state index in [-0.39, 0.29) is 12.0 Å². The second-order valence-electron chi connectivity index (χ2n) is 4.27. The molecule has 0 saturated carbocycles. The third-order valence-corrected chi connectivity index (χ3v) is 2.93. The normalized spacial score (nSPS) is 12.4. The first kappa shape index (κ1) is 15.4. The molecule has 0 aromatic rings. The molecule has 0 heterocycles. The number of nitrogens with one attached hydrogen (secondary N) is 1. The van der Waals surface area contributed by atoms with Gasteiger partial charge in [0.15, 0.2) is 0 Å². The van der Waals surface area contributed by atoms with E-state index in [0.717, 1.165) is 12.8 Å². The molecular weight excluding hydrogens is 202 g/mol. The summed E-state index contributed by atoms with van der Waals surface area (Å²) in [6, 6.07) is -0.124. The van der Waals surface area contributed by atoms with Crippen LogP contribution in [0.3, 0.4) is 0 Å². The first-order chi connectivity index (χ1) is 7.76. The highest BCUT2D eigenvalue weighted by Gasteiger charge is 2.15. The van der Waals surface area contributed by atoms with Crippen LogP contribution in [0.15, 0.2) is 0 Å². The van der Waals surface area contributed by atoms with Crippen LogP contribution >= 0.6 is 0 Å². The van der Waals surface area contributed by atoms with Crippen LogP contribution in [-0.2, 0) is 9.53 Å². The van der Waals surface area contributed by atoms with Gasteiger partial charge in [0.05, 0.1) is 7.11 Å². The van der Waals surface area contributed by atoms with Gasteiger partial charge in [-0.25, -0.2) is 0 Å². The van der Waals surface area contributed by atoms with E-state index in [9.17, 15) is 4.79 Å². The first-order valence-electron chi connectivity index (χ1n) is 6.51. The number of likely N-dealkylation sites (N-methyl/N-ethyl adjacent to an activating group) is 1. The average Bonchev–Trinajstić information content (AvgIpc) is 2.32. The molecule has 0 bridgehead atoms. The van der Waals surface area contributed by atoms with Crippen molar-refractivity contribution in [3.63, 3.8) is 0 Å². The van der Waals surface area contributed by atoms with Crippen molar-refractivity contribution in [3.8, 4) is 0 Å². The van der Waals surface area contributed by atoms with Crippen LogP contribution < -0.4 is 5.32 Å². The standard InChI is InChI=1S/C13H27NO2/c1-4-5-6-7-8-9-10-11-12(14-2)13(15)16-3/h12,14H,4-11H2,1-3H3. The Balaban J connectivity index is 3.38. The van der Waals surface area contributed by atoms with Gasteiger partial charge in [-0.05, 0) is 13.5 Å². The van der Waals surface area contributed by atoms with E-state index in [0.29, 0.717) is 0 Å². The maximum atomic E-state index is 11.3. The van der Waals surface area contributed by atoms with Crippen LogP contribution in [0.25, 0.3) is 0 Å². The fourth-order valence-electron chi connectivity index (χ4n) is 1.83. The summed E-state index contributed by atoms with van der Waals surface area (Å²) in [5.41, 5.74) is 0. The van der Waals surface area contributed by atoms with Gasteiger partial charge in [-0.2, -0.15) is 0 Å². The Hall–Kier alpha value is -0.570. The molecule has 1 N–H and O–H groups in total. The summed E-state index contributed by atoms with van der Waals surface area (Å²) in [7, 11) is 3.25. The van der Waals surface area contributed by atoms with Crippen molar-refractivity contribution in [2.45, 2.75) is 64.3 Å². The molecule has 16 heavy (non-hydrogen) atoms. The summed E-state index contributed by atoms with van der Waals surface area (Å²) < 4.78 is 4.71. The molecule has 0 radical (unpaired) electrons. The van der Waals surface area contributed by atoms with Crippen molar-refractivity contribution in [1.82, 2.24) is 5.32 Å². The number of esters is 1. The lowest BCUT2D eigenvalue weighted by Gasteiger charge is -2.12. The molecule has 0 spiro atoms. The van der Waals surface area contributed by atoms with Gasteiger partial charge < -0.3 is 10.1 Å². The summed E-state index contributed by atoms with van der Waals surface area (Å²) in [6.45, 7) is 2.23. The largest absolute Gasteiger partial charge is 0.468 e. The molecule has 0 aliphatic rings. The van der Waals surface area contributed by atoms with Crippen LogP contribution in [0.1, 0.15) is 58.3 Å². The summed E-state index contributed by atoms with van der Waals surface area (Å²) in [5.74, 6) is -0.145. The van der Waals surface area contributed by atoms with Gasteiger partial charge >= 0.3 is 5.97 Å². The third kappa shape index (κ3) is 7.69. The van der Waals surface area contributed by atoms with Gasteiger partial charge in [-0.15, -0.1) is 0 Å². The molecular formula is C13H27NO2. The Morgan fingerprint density at radius 1 is 1.12 bits per heavy atom. The predicted octanol–water partition coefficient (Wildman–Crippen LogP) is 2.89. The van der Waals surface area contributed by atoms with Crippen LogP contribution in [-0.4, -0.2) is 26.2 Å². The van der Waals surface area contributed by atoms with Gasteiger partial charge in [0.2, 0.25) is 0 Å². The van der Waals surface area contributed by atoms with Crippen LogP contribution in [0, 0.1) is 0 Å². The lowest BCUT2D eigenvalue weighted by molar-refractivity contribution is -0.143. The van der Waals surface area contributed by atoms with E-state index in [4.69, 9.17) is 4.74 Å². The number of hydrogen-bond acceptors (Lipinski definition) is 3. The highest BCUT2D eigenvalue weighted by atomic mass is 16.5. The molecule has 3 nitrogen and oxygen atoms in total. The Morgan fingerprint density at radius 2 is 1.69 bits per heavy atom. The van der Waals surface area contributed by atoms with Gasteiger partial charge in [0.25, 0.3) is 0 Å². The van der Waals surface area contributed by atoms with Crippen LogP contribution in [0.2, 0.25) is 0 Å². The summed E-state index contributed by atoms with van der Waals surface area (Å²) in [6.07, 6.45) is 9.82. The minimum absolute atomic E-state index is 0.124. The van der Waals surface area contributed by atoms with Crippen LogP contribution in [0.5, 0.6) is 0 Å². The summed E-state index contributed by atoms with van der Waals surface area (Å²) >= 11 is 0.